The number of ether oxygens (including phenoxy) is 1. The molecule has 0 fully saturated rings. The minimum absolute atomic E-state index is 0.0205. The second kappa shape index (κ2) is 11.9. The molecule has 1 N–H and O–H groups in total. The Balaban J connectivity index is 1.43. The summed E-state index contributed by atoms with van der Waals surface area (Å²) in [4.78, 5) is 21.8. The van der Waals surface area contributed by atoms with Crippen LogP contribution < -0.4 is 10.1 Å². The van der Waals surface area contributed by atoms with Gasteiger partial charge in [0.15, 0.2) is 0 Å². The molecule has 0 radical (unpaired) electrons. The Morgan fingerprint density at radius 3 is 2.55 bits per heavy atom. The molecule has 0 aliphatic heterocycles. The summed E-state index contributed by atoms with van der Waals surface area (Å²) in [5, 5.41) is 4.61. The Morgan fingerprint density at radius 2 is 1.82 bits per heavy atom. The zero-order valence-corrected chi connectivity index (χ0v) is 21.9. The van der Waals surface area contributed by atoms with Crippen LogP contribution >= 0.6 is 11.6 Å². The van der Waals surface area contributed by atoms with Crippen molar-refractivity contribution in [2.45, 2.75) is 25.3 Å². The van der Waals surface area contributed by atoms with Crippen molar-refractivity contribution in [1.29, 1.82) is 0 Å². The molecule has 1 amide bonds. The van der Waals surface area contributed by atoms with E-state index >= 15 is 0 Å². The number of aromatic nitrogens is 3. The van der Waals surface area contributed by atoms with E-state index in [0.29, 0.717) is 31.1 Å². The molecule has 6 nitrogen and oxygen atoms in total. The highest BCUT2D eigenvalue weighted by Gasteiger charge is 2.23. The molecule has 0 bridgehead atoms. The van der Waals surface area contributed by atoms with Crippen LogP contribution in [0.2, 0.25) is 5.15 Å². The Bertz CT molecular complexity index is 1500. The topological polar surface area (TPSA) is 69.0 Å². The molecule has 0 saturated heterocycles. The van der Waals surface area contributed by atoms with E-state index in [1.54, 1.807) is 25.6 Å². The van der Waals surface area contributed by atoms with Crippen LogP contribution in [0.3, 0.4) is 0 Å². The molecule has 7 heteroatoms. The number of pyridine rings is 2. The highest BCUT2D eigenvalue weighted by atomic mass is 35.5. The minimum atomic E-state index is -0.184. The van der Waals surface area contributed by atoms with Gasteiger partial charge in [0.05, 0.1) is 7.11 Å². The fourth-order valence-electron chi connectivity index (χ4n) is 4.75. The fraction of sp³-hybridized carbons (Fsp3) is 0.194. The Labute approximate surface area is 227 Å². The minimum Gasteiger partial charge on any atom is -0.497 e. The van der Waals surface area contributed by atoms with Crippen molar-refractivity contribution in [2.24, 2.45) is 0 Å². The van der Waals surface area contributed by atoms with Crippen LogP contribution in [0.5, 0.6) is 5.75 Å². The van der Waals surface area contributed by atoms with E-state index in [9.17, 15) is 4.79 Å². The van der Waals surface area contributed by atoms with Crippen molar-refractivity contribution >= 4 is 28.4 Å². The van der Waals surface area contributed by atoms with Crippen molar-refractivity contribution in [3.05, 3.63) is 125 Å². The number of benzene rings is 2. The highest BCUT2D eigenvalue weighted by Crippen LogP contribution is 2.35. The first-order valence-electron chi connectivity index (χ1n) is 12.6. The third-order valence-corrected chi connectivity index (χ3v) is 6.90. The van der Waals surface area contributed by atoms with Gasteiger partial charge in [-0.2, -0.15) is 0 Å². The van der Waals surface area contributed by atoms with Gasteiger partial charge in [-0.05, 0) is 53.1 Å². The maximum atomic E-state index is 13.2. The molecule has 0 spiro atoms. The number of carbonyl (C=O) groups is 1. The van der Waals surface area contributed by atoms with Gasteiger partial charge in [0.1, 0.15) is 10.9 Å². The third-order valence-electron chi connectivity index (χ3n) is 6.68. The van der Waals surface area contributed by atoms with Crippen molar-refractivity contribution in [2.75, 3.05) is 13.7 Å². The van der Waals surface area contributed by atoms with Crippen LogP contribution in [-0.2, 0) is 17.8 Å². The largest absolute Gasteiger partial charge is 0.497 e. The average molecular weight is 525 g/mol. The number of para-hydroxylation sites is 1. The number of rotatable bonds is 10. The number of nitrogens with one attached hydrogen (secondary N) is 1. The van der Waals surface area contributed by atoms with Crippen LogP contribution in [0.25, 0.3) is 10.9 Å². The summed E-state index contributed by atoms with van der Waals surface area (Å²) in [7, 11) is 1.67. The summed E-state index contributed by atoms with van der Waals surface area (Å²) in [6.07, 6.45) is 6.67. The van der Waals surface area contributed by atoms with Gasteiger partial charge >= 0.3 is 0 Å². The summed E-state index contributed by atoms with van der Waals surface area (Å²) >= 11 is 6.10. The number of halogens is 1. The van der Waals surface area contributed by atoms with Crippen molar-refractivity contribution in [1.82, 2.24) is 19.9 Å². The van der Waals surface area contributed by atoms with E-state index < -0.39 is 0 Å². The molecule has 5 aromatic rings. The quantitative estimate of drug-likeness (QED) is 0.227. The first-order valence-corrected chi connectivity index (χ1v) is 13.0. The van der Waals surface area contributed by atoms with Gasteiger partial charge in [-0.1, -0.05) is 54.1 Å². The second-order valence-electron chi connectivity index (χ2n) is 9.17. The SMILES string of the molecule is COc1ccc(Cn2cc([C@@H](CC(=O)NCCc3ccccn3)c3ccc(Cl)nc3)c3ccccc32)cc1. The predicted molar refractivity (Wildman–Crippen MR) is 151 cm³/mol. The van der Waals surface area contributed by atoms with E-state index in [0.717, 1.165) is 39.0 Å². The van der Waals surface area contributed by atoms with Gasteiger partial charge in [0.2, 0.25) is 5.91 Å². The Kier molecular flexibility index (Phi) is 8.00. The van der Waals surface area contributed by atoms with Crippen LogP contribution in [0.4, 0.5) is 0 Å². The van der Waals surface area contributed by atoms with Crippen LogP contribution in [0.15, 0.2) is 97.5 Å². The summed E-state index contributed by atoms with van der Waals surface area (Å²) in [6.45, 7) is 1.23. The normalized spacial score (nSPS) is 11.8. The molecule has 2 aromatic carbocycles. The molecular formula is C31H29ClN4O2. The Morgan fingerprint density at radius 1 is 1.00 bits per heavy atom. The number of methoxy groups -OCH3 is 1. The lowest BCUT2D eigenvalue weighted by Gasteiger charge is -2.17. The predicted octanol–water partition coefficient (Wildman–Crippen LogP) is 6.02. The van der Waals surface area contributed by atoms with Gasteiger partial charge in [0, 0.05) is 67.0 Å². The lowest BCUT2D eigenvalue weighted by atomic mass is 9.89. The van der Waals surface area contributed by atoms with Gasteiger partial charge in [-0.15, -0.1) is 0 Å². The molecule has 0 unspecified atom stereocenters. The molecule has 0 aliphatic carbocycles. The zero-order valence-electron chi connectivity index (χ0n) is 21.2. The molecule has 0 saturated carbocycles. The average Bonchev–Trinajstić information content (AvgIpc) is 3.31. The van der Waals surface area contributed by atoms with Gasteiger partial charge in [-0.25, -0.2) is 4.98 Å². The number of hydrogen-bond donors (Lipinski definition) is 1. The van der Waals surface area contributed by atoms with E-state index in [-0.39, 0.29) is 11.8 Å². The number of amides is 1. The molecule has 1 atom stereocenters. The monoisotopic (exact) mass is 524 g/mol. The van der Waals surface area contributed by atoms with E-state index in [1.165, 1.54) is 0 Å². The second-order valence-corrected chi connectivity index (χ2v) is 9.56. The third kappa shape index (κ3) is 6.03. The maximum Gasteiger partial charge on any atom is 0.220 e. The van der Waals surface area contributed by atoms with Gasteiger partial charge in [-0.3, -0.25) is 9.78 Å². The lowest BCUT2D eigenvalue weighted by molar-refractivity contribution is -0.121. The molecule has 3 aromatic heterocycles. The molecule has 192 valence electrons. The number of fused-ring (bicyclic) bond motifs is 1. The maximum absolute atomic E-state index is 13.2. The van der Waals surface area contributed by atoms with E-state index in [1.807, 2.05) is 48.5 Å². The van der Waals surface area contributed by atoms with Crippen molar-refractivity contribution < 1.29 is 9.53 Å². The molecule has 5 rings (SSSR count). The van der Waals surface area contributed by atoms with Crippen molar-refractivity contribution in [3.63, 3.8) is 0 Å². The van der Waals surface area contributed by atoms with Crippen molar-refractivity contribution in [3.8, 4) is 5.75 Å². The lowest BCUT2D eigenvalue weighted by Crippen LogP contribution is -2.27. The molecule has 3 heterocycles. The fourth-order valence-corrected chi connectivity index (χ4v) is 4.86. The molecular weight excluding hydrogens is 496 g/mol. The van der Waals surface area contributed by atoms with Crippen LogP contribution in [0.1, 0.15) is 34.7 Å². The first-order chi connectivity index (χ1) is 18.6. The standard InChI is InChI=1S/C31H29ClN4O2/c1-38-25-12-9-22(10-13-25)20-36-21-28(26-7-2-3-8-29(26)36)27(23-11-14-30(32)35-19-23)18-31(37)34-17-15-24-6-4-5-16-33-24/h2-14,16,19,21,27H,15,17-18,20H2,1H3,(H,34,37)/t27-/m0/s1. The summed E-state index contributed by atoms with van der Waals surface area (Å²) in [5.74, 6) is 0.626. The highest BCUT2D eigenvalue weighted by molar-refractivity contribution is 6.29. The van der Waals surface area contributed by atoms with Crippen LogP contribution in [0, 0.1) is 0 Å². The summed E-state index contributed by atoms with van der Waals surface area (Å²) in [6, 6.07) is 25.9. The summed E-state index contributed by atoms with van der Waals surface area (Å²) < 4.78 is 7.55. The van der Waals surface area contributed by atoms with Gasteiger partial charge < -0.3 is 14.6 Å². The Hall–Kier alpha value is -4.16. The molecule has 0 aliphatic rings. The first kappa shape index (κ1) is 25.5. The summed E-state index contributed by atoms with van der Waals surface area (Å²) in [5.41, 5.74) is 5.25. The number of carbonyl (C=O) groups excluding carboxylic acids is 1. The molecule has 38 heavy (non-hydrogen) atoms. The van der Waals surface area contributed by atoms with Crippen LogP contribution in [-0.4, -0.2) is 34.1 Å². The van der Waals surface area contributed by atoms with Gasteiger partial charge in [0.25, 0.3) is 0 Å². The van der Waals surface area contributed by atoms with E-state index in [4.69, 9.17) is 16.3 Å². The smallest absolute Gasteiger partial charge is 0.220 e. The van der Waals surface area contributed by atoms with E-state index in [2.05, 4.69) is 50.3 Å². The number of hydrogen-bond acceptors (Lipinski definition) is 4. The zero-order chi connectivity index (χ0) is 26.3. The number of nitrogens with zero attached hydrogens (tertiary/aromatic N) is 3.